The van der Waals surface area contributed by atoms with E-state index in [4.69, 9.17) is 21.1 Å². The van der Waals surface area contributed by atoms with Gasteiger partial charge in [-0.25, -0.2) is 25.3 Å². The van der Waals surface area contributed by atoms with Crippen LogP contribution in [-0.2, 0) is 50.8 Å². The molecule has 0 radical (unpaired) electrons. The maximum absolute atomic E-state index is 12.6. The van der Waals surface area contributed by atoms with Crippen molar-refractivity contribution in [2.75, 3.05) is 63.5 Å². The van der Waals surface area contributed by atoms with Gasteiger partial charge in [0.2, 0.25) is 5.91 Å². The lowest BCUT2D eigenvalue weighted by molar-refractivity contribution is -0.132. The normalized spacial score (nSPS) is 13.6. The molecule has 2 unspecified atom stereocenters. The van der Waals surface area contributed by atoms with Crippen LogP contribution in [0.15, 0.2) is 368 Å². The molecule has 0 bridgehead atoms. The first-order chi connectivity index (χ1) is 60.2. The molecule has 2 aliphatic heterocycles. The lowest BCUT2D eigenvalue weighted by Gasteiger charge is -2.29. The number of aromatic nitrogens is 6. The Labute approximate surface area is 721 Å². The fraction of sp³-hybridized carbons (Fsp3) is 0.0938. The van der Waals surface area contributed by atoms with Gasteiger partial charge in [0, 0.05) is 175 Å². The number of fused-ring (bicyclic) bond motifs is 7. The molecule has 28 heteroatoms. The predicted molar refractivity (Wildman–Crippen MR) is 490 cm³/mol. The number of likely N-dealkylation sites (N-methyl/N-ethyl adjacent to an activating group) is 1. The lowest BCUT2D eigenvalue weighted by atomic mass is 9.96. The number of pyridine rings is 6. The van der Waals surface area contributed by atoms with Crippen molar-refractivity contribution in [1.82, 2.24) is 34.8 Å². The number of anilines is 6. The zero-order chi connectivity index (χ0) is 86.4. The Hall–Kier alpha value is -14.5. The molecule has 1 fully saturated rings. The summed E-state index contributed by atoms with van der Waals surface area (Å²) in [6.45, 7) is 4.41. The van der Waals surface area contributed by atoms with E-state index in [2.05, 4.69) is 64.9 Å². The predicted octanol–water partition coefficient (Wildman–Crippen LogP) is 18.5. The molecular weight excluding hydrogens is 1640 g/mol. The number of carbonyl (C=O) groups excluding carboxylic acids is 3. The molecule has 6 N–H and O–H groups in total. The fourth-order valence-corrected chi connectivity index (χ4v) is 17.4. The number of ether oxygens (including phenoxy) is 2. The number of para-hydroxylation sites is 1. The van der Waals surface area contributed by atoms with Crippen LogP contribution in [0, 0.1) is 12.8 Å². The van der Waals surface area contributed by atoms with E-state index in [-0.39, 0.29) is 43.3 Å². The van der Waals surface area contributed by atoms with Gasteiger partial charge in [0.25, 0.3) is 41.9 Å². The molecule has 622 valence electrons. The minimum absolute atomic E-state index is 0.0104. The van der Waals surface area contributed by atoms with Crippen molar-refractivity contribution in [2.45, 2.75) is 34.1 Å². The van der Waals surface area contributed by atoms with Crippen molar-refractivity contribution >= 4 is 158 Å². The zero-order valence-corrected chi connectivity index (χ0v) is 70.1. The number of hydrogen-bond acceptors (Lipinski definition) is 18. The highest BCUT2D eigenvalue weighted by Gasteiger charge is 2.28. The van der Waals surface area contributed by atoms with E-state index in [0.717, 1.165) is 105 Å². The molecule has 11 aromatic carbocycles. The third kappa shape index (κ3) is 22.0. The first-order valence-electron chi connectivity index (χ1n) is 39.1. The van der Waals surface area contributed by atoms with E-state index >= 15 is 0 Å². The molecule has 0 aliphatic carbocycles. The number of sulfonamides is 3. The topological polar surface area (TPSA) is 325 Å². The summed E-state index contributed by atoms with van der Waals surface area (Å²) in [6.07, 6.45) is 20.8. The minimum Gasteiger partial charge on any atom is -0.492 e. The van der Waals surface area contributed by atoms with Crippen LogP contribution >= 0.6 is 11.6 Å². The Kier molecular flexibility index (Phi) is 27.9. The van der Waals surface area contributed by atoms with Crippen LogP contribution in [0.4, 0.5) is 34.1 Å². The second-order valence-corrected chi connectivity index (χ2v) is 34.0. The molecular formula is C96H82ClN13O11S3. The maximum Gasteiger partial charge on any atom is 0.263 e. The smallest absolute Gasteiger partial charge is 0.263 e. The molecule has 24 nitrogen and oxygen atoms in total. The van der Waals surface area contributed by atoms with Gasteiger partial charge in [-0.05, 0) is 153 Å². The van der Waals surface area contributed by atoms with E-state index < -0.39 is 36.2 Å². The van der Waals surface area contributed by atoms with Crippen molar-refractivity contribution in [3.05, 3.63) is 375 Å². The number of nitrogens with one attached hydrogen (secondary N) is 6. The van der Waals surface area contributed by atoms with Gasteiger partial charge in [0.05, 0.1) is 44.4 Å². The summed E-state index contributed by atoms with van der Waals surface area (Å²) in [5.74, 6) is 0.490. The van der Waals surface area contributed by atoms with E-state index in [1.807, 2.05) is 147 Å². The molecule has 0 saturated carbocycles. The first-order valence-corrected chi connectivity index (χ1v) is 43.9. The largest absolute Gasteiger partial charge is 0.492 e. The van der Waals surface area contributed by atoms with Crippen LogP contribution in [0.25, 0.3) is 64.6 Å². The summed E-state index contributed by atoms with van der Waals surface area (Å²) in [4.78, 5) is 64.0. The van der Waals surface area contributed by atoms with Crippen LogP contribution in [0.3, 0.4) is 0 Å². The number of morpholine rings is 1. The van der Waals surface area contributed by atoms with Crippen molar-refractivity contribution in [3.63, 3.8) is 0 Å². The Morgan fingerprint density at radius 1 is 0.387 bits per heavy atom. The van der Waals surface area contributed by atoms with Gasteiger partial charge in [0.15, 0.2) is 0 Å². The Balaban J connectivity index is 0.000000121. The number of rotatable bonds is 15. The lowest BCUT2D eigenvalue weighted by Crippen LogP contribution is -2.46. The van der Waals surface area contributed by atoms with Crippen molar-refractivity contribution in [3.8, 4) is 5.75 Å². The molecule has 0 spiro atoms. The second kappa shape index (κ2) is 40.3. The molecule has 1 saturated heterocycles. The molecule has 124 heavy (non-hydrogen) atoms. The third-order valence-electron chi connectivity index (χ3n) is 19.9. The summed E-state index contributed by atoms with van der Waals surface area (Å²) in [5.41, 5.74) is 6.76. The average molecular weight is 1730 g/mol. The van der Waals surface area contributed by atoms with Crippen molar-refractivity contribution in [2.24, 2.45) is 5.92 Å². The fourth-order valence-electron chi connectivity index (χ4n) is 13.6. The van der Waals surface area contributed by atoms with Gasteiger partial charge in [-0.2, -0.15) is 0 Å². The molecule has 8 heterocycles. The molecule has 19 rings (SSSR count). The Morgan fingerprint density at radius 3 is 1.20 bits per heavy atom. The van der Waals surface area contributed by atoms with Crippen molar-refractivity contribution in [1.29, 1.82) is 0 Å². The van der Waals surface area contributed by atoms with E-state index in [9.17, 15) is 39.6 Å². The summed E-state index contributed by atoms with van der Waals surface area (Å²) in [5, 5.41) is 20.2. The van der Waals surface area contributed by atoms with Gasteiger partial charge in [-0.1, -0.05) is 169 Å². The Morgan fingerprint density at radius 2 is 0.758 bits per heavy atom. The number of hydrogen-bond donors (Lipinski definition) is 6. The van der Waals surface area contributed by atoms with Gasteiger partial charge in [-0.3, -0.25) is 58.5 Å². The van der Waals surface area contributed by atoms with E-state index in [1.54, 1.807) is 214 Å². The number of aryl methyl sites for hydroxylation is 1. The number of benzene rings is 11. The van der Waals surface area contributed by atoms with Gasteiger partial charge in [0.1, 0.15) is 23.4 Å². The second-order valence-electron chi connectivity index (χ2n) is 28.5. The summed E-state index contributed by atoms with van der Waals surface area (Å²) in [6, 6.07) is 83.1. The molecule has 17 aromatic rings. The number of carbonyl (C=O) groups is 3. The molecule has 6 aromatic heterocycles. The molecule has 2 atom stereocenters. The maximum atomic E-state index is 12.6. The SMILES string of the molecule is CN1CCOC(C(=O)Nc2cccc3cnccc23)C1.Cc1ccc(S(=O)(=O)Nc2cccc3cnccc23)cc1.O=C(Nc1cccc2cnccc12)C1COc2ccccc2C1.O=C(Nc1cccc2cnccc12)c1ccccc1.O=S(=O)(Nc1cccc2cnccc12)c1ccccc1.O=S(=O)(Nc1cccc2cnccc12)c1ccccc1Cl. The van der Waals surface area contributed by atoms with E-state index in [1.165, 1.54) is 6.07 Å². The van der Waals surface area contributed by atoms with Gasteiger partial charge >= 0.3 is 0 Å². The summed E-state index contributed by atoms with van der Waals surface area (Å²) >= 11 is 5.96. The zero-order valence-electron chi connectivity index (χ0n) is 66.9. The number of amides is 3. The van der Waals surface area contributed by atoms with Crippen LogP contribution in [0.2, 0.25) is 5.02 Å². The minimum atomic E-state index is -3.74. The van der Waals surface area contributed by atoms with Crippen molar-refractivity contribution < 1.29 is 49.1 Å². The van der Waals surface area contributed by atoms with Crippen LogP contribution < -0.4 is 34.9 Å². The quantitative estimate of drug-likeness (QED) is 0.0555. The van der Waals surface area contributed by atoms with Gasteiger partial charge < -0.3 is 30.3 Å². The van der Waals surface area contributed by atoms with Crippen LogP contribution in [0.5, 0.6) is 5.75 Å². The highest BCUT2D eigenvalue weighted by atomic mass is 35.5. The van der Waals surface area contributed by atoms with Crippen LogP contribution in [0.1, 0.15) is 21.5 Å². The first kappa shape index (κ1) is 85.9. The Bertz CT molecular complexity index is 7010. The average Bonchev–Trinajstić information content (AvgIpc) is 0.806. The molecule has 2 aliphatic rings. The monoisotopic (exact) mass is 1720 g/mol. The third-order valence-corrected chi connectivity index (χ3v) is 24.6. The number of halogens is 1. The van der Waals surface area contributed by atoms with Crippen LogP contribution in [-0.4, -0.2) is 117 Å². The summed E-state index contributed by atoms with van der Waals surface area (Å²) < 4.78 is 93.5. The van der Waals surface area contributed by atoms with Gasteiger partial charge in [-0.15, -0.1) is 0 Å². The number of nitrogens with zero attached hydrogens (tertiary/aromatic N) is 7. The van der Waals surface area contributed by atoms with E-state index in [0.29, 0.717) is 48.8 Å². The highest BCUT2D eigenvalue weighted by Crippen LogP contribution is 2.33. The highest BCUT2D eigenvalue weighted by molar-refractivity contribution is 7.93. The molecule has 3 amide bonds. The summed E-state index contributed by atoms with van der Waals surface area (Å²) in [7, 11) is -8.91. The standard InChI is InChI=1S/C19H16N2O2.C16H14N2O2S.C16H12N2O.C15H11ClN2O2S.C15H17N3O2.C15H12N2O2S/c22-19(15-10-13-4-1-2-7-18(13)23-12-15)21-17-6-3-5-14-11-20-9-8-16(14)17;1-12-5-7-14(8-6-12)21(19,20)18-16-4-2-3-13-11-17-10-9-15(13)16;19-16(12-5-2-1-3-6-12)18-15-8-4-7-13-11-17-10-9-14(13)15;16-13-5-1-2-7-15(13)21(19,20)18-14-6-3-4-11-10-17-9-8-12(11)14;1-18-7-8-20-14(10-18)15(19)17-13-4-2-3-11-9-16-6-5-12(11)13;18-20(19,13-6-2-1-3-7-13)17-15-8-4-5-12-11-16-10-9-14(12)15/h1-9,11,15H,10,12H2,(H,21,22);2-11,18H,1H3;1-11H,(H,18,19);1-10,18H;2-6,9,14H,7-8,10H2,1H3,(H,17,19);1-11,17H.